The SMILES string of the molecule is O=C(Cc1ccc(F)cc1)NNS(=O)(=O)c1ccc2c(c1)OCCCO2. The van der Waals surface area contributed by atoms with Crippen molar-refractivity contribution in [2.75, 3.05) is 13.2 Å². The maximum absolute atomic E-state index is 12.9. The first-order valence-corrected chi connectivity index (χ1v) is 9.37. The summed E-state index contributed by atoms with van der Waals surface area (Å²) in [5.74, 6) is -0.177. The van der Waals surface area contributed by atoms with E-state index in [1.54, 1.807) is 0 Å². The fourth-order valence-corrected chi connectivity index (χ4v) is 3.20. The average molecular weight is 380 g/mol. The number of sulfonamides is 1. The minimum atomic E-state index is -3.98. The molecule has 2 aromatic rings. The molecule has 0 saturated carbocycles. The smallest absolute Gasteiger partial charge is 0.257 e. The molecule has 0 unspecified atom stereocenters. The lowest BCUT2D eigenvalue weighted by Crippen LogP contribution is -2.42. The van der Waals surface area contributed by atoms with Crippen molar-refractivity contribution in [1.82, 2.24) is 10.3 Å². The van der Waals surface area contributed by atoms with Gasteiger partial charge in [-0.2, -0.15) is 0 Å². The summed E-state index contributed by atoms with van der Waals surface area (Å²) >= 11 is 0. The van der Waals surface area contributed by atoms with E-state index in [0.717, 1.165) is 0 Å². The summed E-state index contributed by atoms with van der Waals surface area (Å²) < 4.78 is 48.4. The molecule has 138 valence electrons. The second kappa shape index (κ2) is 7.71. The van der Waals surface area contributed by atoms with Crippen LogP contribution in [-0.2, 0) is 21.2 Å². The molecule has 26 heavy (non-hydrogen) atoms. The molecule has 7 nitrogen and oxygen atoms in total. The summed E-state index contributed by atoms with van der Waals surface area (Å²) in [5.41, 5.74) is 2.69. The molecule has 0 spiro atoms. The zero-order valence-corrected chi connectivity index (χ0v) is 14.5. The largest absolute Gasteiger partial charge is 0.490 e. The lowest BCUT2D eigenvalue weighted by molar-refractivity contribution is -0.120. The van der Waals surface area contributed by atoms with E-state index < -0.39 is 21.7 Å². The van der Waals surface area contributed by atoms with Crippen molar-refractivity contribution in [1.29, 1.82) is 0 Å². The highest BCUT2D eigenvalue weighted by Crippen LogP contribution is 2.31. The van der Waals surface area contributed by atoms with Gasteiger partial charge < -0.3 is 9.47 Å². The van der Waals surface area contributed by atoms with Gasteiger partial charge in [0.05, 0.1) is 24.5 Å². The molecule has 9 heteroatoms. The molecule has 2 aromatic carbocycles. The molecular formula is C17H17FN2O5S. The monoisotopic (exact) mass is 380 g/mol. The molecule has 1 amide bonds. The number of benzene rings is 2. The zero-order chi connectivity index (χ0) is 18.6. The predicted octanol–water partition coefficient (Wildman–Crippen LogP) is 1.54. The van der Waals surface area contributed by atoms with Gasteiger partial charge in [0.25, 0.3) is 10.0 Å². The summed E-state index contributed by atoms with van der Waals surface area (Å²) in [7, 11) is -3.98. The number of ether oxygens (including phenoxy) is 2. The highest BCUT2D eigenvalue weighted by Gasteiger charge is 2.19. The van der Waals surface area contributed by atoms with Gasteiger partial charge in [0.1, 0.15) is 5.82 Å². The third kappa shape index (κ3) is 4.50. The average Bonchev–Trinajstić information content (AvgIpc) is 2.87. The molecule has 1 heterocycles. The van der Waals surface area contributed by atoms with Crippen LogP contribution in [0.3, 0.4) is 0 Å². The Morgan fingerprint density at radius 2 is 1.73 bits per heavy atom. The number of nitrogens with one attached hydrogen (secondary N) is 2. The van der Waals surface area contributed by atoms with Crippen LogP contribution in [0.2, 0.25) is 0 Å². The molecule has 0 bridgehead atoms. The number of hydrogen-bond acceptors (Lipinski definition) is 5. The van der Waals surface area contributed by atoms with Crippen molar-refractivity contribution in [3.8, 4) is 11.5 Å². The standard InChI is InChI=1S/C17H17FN2O5S/c18-13-4-2-12(3-5-13)10-17(21)19-20-26(22,23)14-6-7-15-16(11-14)25-9-1-8-24-15/h2-7,11,20H,1,8-10H2,(H,19,21). The first-order chi connectivity index (χ1) is 12.4. The van der Waals surface area contributed by atoms with Crippen LogP contribution in [0.5, 0.6) is 11.5 Å². The van der Waals surface area contributed by atoms with Crippen molar-refractivity contribution in [2.45, 2.75) is 17.7 Å². The Morgan fingerprint density at radius 3 is 2.46 bits per heavy atom. The van der Waals surface area contributed by atoms with Crippen LogP contribution in [0, 0.1) is 5.82 Å². The van der Waals surface area contributed by atoms with E-state index in [4.69, 9.17) is 9.47 Å². The molecule has 1 aliphatic heterocycles. The number of carbonyl (C=O) groups is 1. The Kier molecular flexibility index (Phi) is 5.38. The van der Waals surface area contributed by atoms with Crippen LogP contribution >= 0.6 is 0 Å². The number of hydrogen-bond donors (Lipinski definition) is 2. The van der Waals surface area contributed by atoms with E-state index in [1.165, 1.54) is 42.5 Å². The van der Waals surface area contributed by atoms with Gasteiger partial charge in [-0.15, -0.1) is 4.83 Å². The second-order valence-electron chi connectivity index (χ2n) is 5.62. The third-order valence-electron chi connectivity index (χ3n) is 3.63. The Bertz CT molecular complexity index is 900. The van der Waals surface area contributed by atoms with Gasteiger partial charge in [0.15, 0.2) is 11.5 Å². The van der Waals surface area contributed by atoms with Gasteiger partial charge in [0, 0.05) is 12.5 Å². The maximum atomic E-state index is 12.9. The summed E-state index contributed by atoms with van der Waals surface area (Å²) in [6, 6.07) is 9.57. The molecule has 0 atom stereocenters. The van der Waals surface area contributed by atoms with Crippen molar-refractivity contribution in [3.63, 3.8) is 0 Å². The van der Waals surface area contributed by atoms with Crippen molar-refractivity contribution in [2.24, 2.45) is 0 Å². The van der Waals surface area contributed by atoms with Crippen LogP contribution < -0.4 is 19.7 Å². The number of hydrazine groups is 1. The third-order valence-corrected chi connectivity index (χ3v) is 4.88. The number of rotatable bonds is 5. The normalized spacial score (nSPS) is 13.7. The van der Waals surface area contributed by atoms with Crippen LogP contribution in [0.25, 0.3) is 0 Å². The fraction of sp³-hybridized carbons (Fsp3) is 0.235. The number of fused-ring (bicyclic) bond motifs is 1. The van der Waals surface area contributed by atoms with Gasteiger partial charge in [-0.1, -0.05) is 12.1 Å². The van der Waals surface area contributed by atoms with Crippen LogP contribution in [-0.4, -0.2) is 27.5 Å². The molecule has 0 fully saturated rings. The zero-order valence-electron chi connectivity index (χ0n) is 13.7. The lowest BCUT2D eigenvalue weighted by atomic mass is 10.1. The topological polar surface area (TPSA) is 93.7 Å². The first kappa shape index (κ1) is 18.2. The molecular weight excluding hydrogens is 363 g/mol. The van der Waals surface area contributed by atoms with Gasteiger partial charge in [-0.05, 0) is 29.8 Å². The van der Waals surface area contributed by atoms with Crippen LogP contribution in [0.1, 0.15) is 12.0 Å². The summed E-state index contributed by atoms with van der Waals surface area (Å²) in [5, 5.41) is 0. The first-order valence-electron chi connectivity index (χ1n) is 7.89. The minimum absolute atomic E-state index is 0.0659. The quantitative estimate of drug-likeness (QED) is 0.768. The Hall–Kier alpha value is -2.65. The molecule has 0 aliphatic carbocycles. The fourth-order valence-electron chi connectivity index (χ4n) is 2.33. The minimum Gasteiger partial charge on any atom is -0.490 e. The van der Waals surface area contributed by atoms with Crippen LogP contribution in [0.15, 0.2) is 47.4 Å². The van der Waals surface area contributed by atoms with E-state index in [-0.39, 0.29) is 11.3 Å². The summed E-state index contributed by atoms with van der Waals surface area (Å²) in [6.07, 6.45) is 0.610. The van der Waals surface area contributed by atoms with E-state index in [2.05, 4.69) is 5.43 Å². The van der Waals surface area contributed by atoms with E-state index in [1.807, 2.05) is 4.83 Å². The van der Waals surface area contributed by atoms with Crippen molar-refractivity contribution >= 4 is 15.9 Å². The molecule has 3 rings (SSSR count). The number of amides is 1. The Balaban J connectivity index is 1.64. The van der Waals surface area contributed by atoms with Crippen molar-refractivity contribution in [3.05, 3.63) is 53.8 Å². The summed E-state index contributed by atoms with van der Waals surface area (Å²) in [4.78, 5) is 13.8. The predicted molar refractivity (Wildman–Crippen MR) is 90.6 cm³/mol. The van der Waals surface area contributed by atoms with E-state index in [0.29, 0.717) is 36.7 Å². The highest BCUT2D eigenvalue weighted by molar-refractivity contribution is 7.89. The Labute approximate surface area is 150 Å². The molecule has 1 aliphatic rings. The van der Waals surface area contributed by atoms with Gasteiger partial charge >= 0.3 is 0 Å². The van der Waals surface area contributed by atoms with E-state index in [9.17, 15) is 17.6 Å². The van der Waals surface area contributed by atoms with Gasteiger partial charge in [0.2, 0.25) is 5.91 Å². The highest BCUT2D eigenvalue weighted by atomic mass is 32.2. The number of carbonyl (C=O) groups excluding carboxylic acids is 1. The van der Waals surface area contributed by atoms with E-state index >= 15 is 0 Å². The van der Waals surface area contributed by atoms with Gasteiger partial charge in [-0.25, -0.2) is 12.8 Å². The lowest BCUT2D eigenvalue weighted by Gasteiger charge is -2.11. The van der Waals surface area contributed by atoms with Crippen molar-refractivity contribution < 1.29 is 27.1 Å². The van der Waals surface area contributed by atoms with Crippen LogP contribution in [0.4, 0.5) is 4.39 Å². The summed E-state index contributed by atoms with van der Waals surface area (Å²) in [6.45, 7) is 0.926. The van der Waals surface area contributed by atoms with Gasteiger partial charge in [-0.3, -0.25) is 10.2 Å². The second-order valence-corrected chi connectivity index (χ2v) is 7.30. The molecule has 0 radical (unpaired) electrons. The molecule has 0 aromatic heterocycles. The maximum Gasteiger partial charge on any atom is 0.257 e. The number of halogens is 1. The Morgan fingerprint density at radius 1 is 1.04 bits per heavy atom. The molecule has 2 N–H and O–H groups in total. The molecule has 0 saturated heterocycles.